The molecule has 4 rings (SSSR count). The zero-order valence-corrected chi connectivity index (χ0v) is 17.0. The molecule has 8 heteroatoms. The van der Waals surface area contributed by atoms with Gasteiger partial charge in [-0.25, -0.2) is 9.97 Å². The highest BCUT2D eigenvalue weighted by Crippen LogP contribution is 2.35. The third-order valence-corrected chi connectivity index (χ3v) is 5.75. The molecule has 3 aromatic rings. The number of hydrogen-bond donors (Lipinski definition) is 0. The highest BCUT2D eigenvalue weighted by molar-refractivity contribution is 5.39. The van der Waals surface area contributed by atoms with Crippen LogP contribution >= 0.6 is 0 Å². The van der Waals surface area contributed by atoms with Gasteiger partial charge < -0.3 is 4.90 Å². The monoisotopic (exact) mass is 380 g/mol. The van der Waals surface area contributed by atoms with Crippen molar-refractivity contribution in [1.82, 2.24) is 34.2 Å². The van der Waals surface area contributed by atoms with Crippen molar-refractivity contribution in [2.45, 2.75) is 25.8 Å². The molecular formula is C20H28N8. The van der Waals surface area contributed by atoms with Gasteiger partial charge in [-0.1, -0.05) is 0 Å². The highest BCUT2D eigenvalue weighted by atomic mass is 15.3. The normalized spacial score (nSPS) is 20.4. The molecule has 1 aliphatic heterocycles. The van der Waals surface area contributed by atoms with Crippen LogP contribution in [-0.4, -0.2) is 61.4 Å². The quantitative estimate of drug-likeness (QED) is 0.676. The number of rotatable bonds is 5. The zero-order chi connectivity index (χ0) is 19.7. The van der Waals surface area contributed by atoms with E-state index in [1.807, 2.05) is 41.8 Å². The molecule has 0 amide bonds. The van der Waals surface area contributed by atoms with Crippen molar-refractivity contribution in [1.29, 1.82) is 0 Å². The van der Waals surface area contributed by atoms with Gasteiger partial charge in [0.2, 0.25) is 0 Å². The molecule has 3 aromatic heterocycles. The molecule has 1 fully saturated rings. The Labute approximate surface area is 165 Å². The largest absolute Gasteiger partial charge is 0.358 e. The van der Waals surface area contributed by atoms with Crippen LogP contribution in [0.15, 0.2) is 37.1 Å². The van der Waals surface area contributed by atoms with Crippen molar-refractivity contribution in [2.24, 2.45) is 13.0 Å². The zero-order valence-electron chi connectivity index (χ0n) is 17.0. The molecule has 28 heavy (non-hydrogen) atoms. The van der Waals surface area contributed by atoms with Gasteiger partial charge >= 0.3 is 0 Å². The number of imidazole rings is 1. The Morgan fingerprint density at radius 2 is 2.07 bits per heavy atom. The predicted octanol–water partition coefficient (Wildman–Crippen LogP) is 2.22. The summed E-state index contributed by atoms with van der Waals surface area (Å²) in [7, 11) is 6.34. The van der Waals surface area contributed by atoms with E-state index < -0.39 is 0 Å². The third-order valence-electron chi connectivity index (χ3n) is 5.75. The second-order valence-electron chi connectivity index (χ2n) is 7.67. The molecule has 0 radical (unpaired) electrons. The fourth-order valence-corrected chi connectivity index (χ4v) is 4.30. The molecule has 0 aromatic carbocycles. The molecule has 1 saturated heterocycles. The molecule has 0 bridgehead atoms. The Morgan fingerprint density at radius 1 is 1.21 bits per heavy atom. The first-order valence-corrected chi connectivity index (χ1v) is 9.76. The van der Waals surface area contributed by atoms with E-state index in [0.29, 0.717) is 12.0 Å². The number of anilines is 1. The van der Waals surface area contributed by atoms with Gasteiger partial charge in [-0.05, 0) is 45.3 Å². The minimum Gasteiger partial charge on any atom is -0.358 e. The summed E-state index contributed by atoms with van der Waals surface area (Å²) in [5.74, 6) is 3.07. The van der Waals surface area contributed by atoms with Crippen LogP contribution in [0.3, 0.4) is 0 Å². The fraction of sp³-hybridized carbons (Fsp3) is 0.500. The first kappa shape index (κ1) is 18.6. The van der Waals surface area contributed by atoms with Gasteiger partial charge in [0, 0.05) is 39.2 Å². The molecule has 148 valence electrons. The number of hydrogen-bond acceptors (Lipinski definition) is 6. The lowest BCUT2D eigenvalue weighted by atomic mass is 9.87. The maximum absolute atomic E-state index is 4.82. The smallest absolute Gasteiger partial charge is 0.159 e. The van der Waals surface area contributed by atoms with Crippen LogP contribution < -0.4 is 4.90 Å². The maximum atomic E-state index is 4.82. The van der Waals surface area contributed by atoms with Crippen LogP contribution in [-0.2, 0) is 7.05 Å². The van der Waals surface area contributed by atoms with Crippen molar-refractivity contribution in [2.75, 3.05) is 32.1 Å². The van der Waals surface area contributed by atoms with E-state index in [1.165, 1.54) is 18.5 Å². The molecule has 4 heterocycles. The van der Waals surface area contributed by atoms with Gasteiger partial charge in [-0.3, -0.25) is 19.1 Å². The molecule has 0 N–H and O–H groups in total. The molecule has 1 aliphatic rings. The minimum absolute atomic E-state index is 0.357. The van der Waals surface area contributed by atoms with Crippen LogP contribution in [0.25, 0.3) is 5.82 Å². The van der Waals surface area contributed by atoms with Crippen molar-refractivity contribution in [3.63, 3.8) is 0 Å². The van der Waals surface area contributed by atoms with Gasteiger partial charge in [0.05, 0.1) is 24.1 Å². The molecule has 2 atom stereocenters. The van der Waals surface area contributed by atoms with Crippen molar-refractivity contribution < 1.29 is 0 Å². The van der Waals surface area contributed by atoms with E-state index in [4.69, 9.17) is 4.98 Å². The summed E-state index contributed by atoms with van der Waals surface area (Å²) in [6, 6.07) is 2.50. The van der Waals surface area contributed by atoms with E-state index in [1.54, 1.807) is 12.4 Å². The van der Waals surface area contributed by atoms with Crippen molar-refractivity contribution in [3.8, 4) is 5.82 Å². The standard InChI is InChI=1S/C20H28N8/c1-15-22-9-11-28(15)19-13-21-12-18(24-19)26(3)14-16-6-5-10-25(2)20(16)17-7-8-23-27(17)4/h7-9,11-13,16,20H,5-6,10,14H2,1-4H3/t16-,20+/m0/s1. The first-order valence-electron chi connectivity index (χ1n) is 9.76. The lowest BCUT2D eigenvalue weighted by molar-refractivity contribution is 0.118. The van der Waals surface area contributed by atoms with E-state index in [-0.39, 0.29) is 0 Å². The molecule has 0 spiro atoms. The fourth-order valence-electron chi connectivity index (χ4n) is 4.30. The third kappa shape index (κ3) is 3.52. The van der Waals surface area contributed by atoms with Crippen LogP contribution in [0, 0.1) is 12.8 Å². The minimum atomic E-state index is 0.357. The molecule has 8 nitrogen and oxygen atoms in total. The Balaban J connectivity index is 1.56. The molecule has 0 unspecified atom stereocenters. The summed E-state index contributed by atoms with van der Waals surface area (Å²) in [4.78, 5) is 18.2. The summed E-state index contributed by atoms with van der Waals surface area (Å²) >= 11 is 0. The van der Waals surface area contributed by atoms with E-state index in [2.05, 4.69) is 45.0 Å². The van der Waals surface area contributed by atoms with Crippen LogP contribution in [0.4, 0.5) is 5.82 Å². The number of aromatic nitrogens is 6. The lowest BCUT2D eigenvalue weighted by Crippen LogP contribution is -2.42. The number of likely N-dealkylation sites (tertiary alicyclic amines) is 1. The topological polar surface area (TPSA) is 67.9 Å². The van der Waals surface area contributed by atoms with Gasteiger partial charge in [-0.2, -0.15) is 5.10 Å². The Hall–Kier alpha value is -2.74. The van der Waals surface area contributed by atoms with Gasteiger partial charge in [0.25, 0.3) is 0 Å². The Bertz CT molecular complexity index is 930. The van der Waals surface area contributed by atoms with Crippen LogP contribution in [0.5, 0.6) is 0 Å². The molecule has 0 saturated carbocycles. The number of piperidine rings is 1. The van der Waals surface area contributed by atoms with Crippen molar-refractivity contribution >= 4 is 5.82 Å². The number of aryl methyl sites for hydroxylation is 2. The van der Waals surface area contributed by atoms with Crippen molar-refractivity contribution in [3.05, 3.63) is 48.6 Å². The lowest BCUT2D eigenvalue weighted by Gasteiger charge is -2.40. The van der Waals surface area contributed by atoms with E-state index in [0.717, 1.165) is 30.5 Å². The van der Waals surface area contributed by atoms with Gasteiger partial charge in [0.15, 0.2) is 5.82 Å². The highest BCUT2D eigenvalue weighted by Gasteiger charge is 2.33. The first-order chi connectivity index (χ1) is 13.5. The number of nitrogens with zero attached hydrogens (tertiary/aromatic N) is 8. The summed E-state index contributed by atoms with van der Waals surface area (Å²) in [5.41, 5.74) is 1.27. The van der Waals surface area contributed by atoms with E-state index >= 15 is 0 Å². The summed E-state index contributed by atoms with van der Waals surface area (Å²) in [6.07, 6.45) is 11.6. The second kappa shape index (κ2) is 7.71. The van der Waals surface area contributed by atoms with Gasteiger partial charge in [-0.15, -0.1) is 0 Å². The van der Waals surface area contributed by atoms with Crippen LogP contribution in [0.2, 0.25) is 0 Å². The second-order valence-corrected chi connectivity index (χ2v) is 7.67. The summed E-state index contributed by atoms with van der Waals surface area (Å²) < 4.78 is 3.96. The van der Waals surface area contributed by atoms with Crippen LogP contribution in [0.1, 0.15) is 30.4 Å². The Kier molecular flexibility index (Phi) is 5.13. The van der Waals surface area contributed by atoms with E-state index in [9.17, 15) is 0 Å². The molecule has 0 aliphatic carbocycles. The summed E-state index contributed by atoms with van der Waals surface area (Å²) in [6.45, 7) is 4.00. The Morgan fingerprint density at radius 3 is 2.79 bits per heavy atom. The molecular weight excluding hydrogens is 352 g/mol. The summed E-state index contributed by atoms with van der Waals surface area (Å²) in [5, 5.41) is 4.39. The predicted molar refractivity (Wildman–Crippen MR) is 108 cm³/mol. The maximum Gasteiger partial charge on any atom is 0.159 e. The SMILES string of the molecule is Cc1nccn1-c1cncc(N(C)C[C@@H]2CCCN(C)[C@H]2c2ccnn2C)n1. The van der Waals surface area contributed by atoms with Gasteiger partial charge in [0.1, 0.15) is 11.6 Å². The average molecular weight is 381 g/mol. The average Bonchev–Trinajstić information content (AvgIpc) is 3.30.